The Balaban J connectivity index is 1.73. The second-order valence-corrected chi connectivity index (χ2v) is 6.12. The van der Waals surface area contributed by atoms with E-state index >= 15 is 0 Å². The molecule has 2 rings (SSSR count). The van der Waals surface area contributed by atoms with E-state index in [1.54, 1.807) is 6.20 Å². The molecule has 6 heteroatoms. The summed E-state index contributed by atoms with van der Waals surface area (Å²) in [6.07, 6.45) is 2.98. The number of rotatable bonds is 4. The van der Waals surface area contributed by atoms with E-state index in [0.717, 1.165) is 12.1 Å². The molecule has 0 radical (unpaired) electrons. The maximum absolute atomic E-state index is 11.8. The summed E-state index contributed by atoms with van der Waals surface area (Å²) in [5, 5.41) is 3.25. The molecule has 3 nitrogen and oxygen atoms in total. The molecule has 0 bridgehead atoms. The lowest BCUT2D eigenvalue weighted by Gasteiger charge is -2.09. The van der Waals surface area contributed by atoms with E-state index in [2.05, 4.69) is 10.3 Å². The number of amides is 1. The number of carbonyl (C=O) groups is 1. The van der Waals surface area contributed by atoms with Gasteiger partial charge in [0.15, 0.2) is 0 Å². The third-order valence-electron chi connectivity index (χ3n) is 2.52. The highest BCUT2D eigenvalue weighted by atomic mass is 35.5. The summed E-state index contributed by atoms with van der Waals surface area (Å²) < 4.78 is 0.529. The highest BCUT2D eigenvalue weighted by Gasteiger charge is 2.28. The first-order valence-corrected chi connectivity index (χ1v) is 7.19. The molecule has 0 aliphatic carbocycles. The Morgan fingerprint density at radius 1 is 1.50 bits per heavy atom. The second-order valence-electron chi connectivity index (χ2n) is 3.85. The van der Waals surface area contributed by atoms with Gasteiger partial charge in [-0.25, -0.2) is 0 Å². The summed E-state index contributed by atoms with van der Waals surface area (Å²) in [5.41, 5.74) is 0.964. The van der Waals surface area contributed by atoms with Crippen molar-refractivity contribution < 1.29 is 4.79 Å². The van der Waals surface area contributed by atoms with Gasteiger partial charge in [-0.3, -0.25) is 9.78 Å². The molecule has 1 N–H and O–H groups in total. The van der Waals surface area contributed by atoms with Gasteiger partial charge in [0.05, 0.1) is 9.61 Å². The molecule has 0 fully saturated rings. The molecule has 1 aromatic heterocycles. The zero-order valence-electron chi connectivity index (χ0n) is 9.53. The predicted molar refractivity (Wildman–Crippen MR) is 75.7 cm³/mol. The average molecular weight is 303 g/mol. The lowest BCUT2D eigenvalue weighted by atomic mass is 10.2. The minimum Gasteiger partial charge on any atom is -0.355 e. The van der Waals surface area contributed by atoms with E-state index in [9.17, 15) is 4.79 Å². The second kappa shape index (κ2) is 6.45. The highest BCUT2D eigenvalue weighted by molar-refractivity contribution is 8.06. The molecular weight excluding hydrogens is 291 g/mol. The van der Waals surface area contributed by atoms with Gasteiger partial charge >= 0.3 is 0 Å². The van der Waals surface area contributed by atoms with Gasteiger partial charge in [0.25, 0.3) is 0 Å². The molecule has 1 unspecified atom stereocenters. The molecule has 1 aromatic rings. The third kappa shape index (κ3) is 3.64. The van der Waals surface area contributed by atoms with Gasteiger partial charge in [-0.2, -0.15) is 0 Å². The van der Waals surface area contributed by atoms with Crippen LogP contribution < -0.4 is 5.32 Å². The summed E-state index contributed by atoms with van der Waals surface area (Å²) >= 11 is 13.0. The molecule has 0 aromatic carbocycles. The van der Waals surface area contributed by atoms with Crippen LogP contribution >= 0.6 is 35.0 Å². The van der Waals surface area contributed by atoms with Crippen LogP contribution in [0.25, 0.3) is 0 Å². The van der Waals surface area contributed by atoms with E-state index in [1.807, 2.05) is 18.2 Å². The first-order valence-electron chi connectivity index (χ1n) is 5.55. The van der Waals surface area contributed by atoms with Gasteiger partial charge in [-0.05, 0) is 12.1 Å². The van der Waals surface area contributed by atoms with Crippen molar-refractivity contribution in [1.82, 2.24) is 10.3 Å². The lowest BCUT2D eigenvalue weighted by Crippen LogP contribution is -2.33. The van der Waals surface area contributed by atoms with Crippen LogP contribution in [0, 0.1) is 0 Å². The zero-order valence-corrected chi connectivity index (χ0v) is 11.9. The van der Waals surface area contributed by atoms with Gasteiger partial charge in [-0.15, -0.1) is 0 Å². The van der Waals surface area contributed by atoms with Crippen LogP contribution in [0.2, 0.25) is 0 Å². The minimum absolute atomic E-state index is 0.0234. The van der Waals surface area contributed by atoms with Gasteiger partial charge in [-0.1, -0.05) is 41.0 Å². The van der Waals surface area contributed by atoms with Gasteiger partial charge in [0.1, 0.15) is 0 Å². The molecule has 0 saturated heterocycles. The molecular formula is C12H12Cl2N2OS. The molecule has 1 aliphatic heterocycles. The van der Waals surface area contributed by atoms with Crippen LogP contribution in [0.4, 0.5) is 0 Å². The van der Waals surface area contributed by atoms with Crippen molar-refractivity contribution in [2.24, 2.45) is 0 Å². The zero-order chi connectivity index (χ0) is 13.0. The number of pyridine rings is 1. The van der Waals surface area contributed by atoms with E-state index in [-0.39, 0.29) is 11.2 Å². The first-order chi connectivity index (χ1) is 8.66. The molecule has 1 amide bonds. The standard InChI is InChI=1S/C12H12Cl2N2OS/c13-9-7-10(18-11(9)14)12(17)16-6-4-8-3-1-2-5-15-8/h1-3,5,10H,4,6-7H2,(H,16,17). The van der Waals surface area contributed by atoms with Crippen molar-refractivity contribution in [2.75, 3.05) is 6.54 Å². The Hall–Kier alpha value is -0.710. The van der Waals surface area contributed by atoms with Crippen molar-refractivity contribution in [3.63, 3.8) is 0 Å². The normalized spacial score (nSPS) is 19.1. The van der Waals surface area contributed by atoms with Crippen LogP contribution in [-0.2, 0) is 11.2 Å². The lowest BCUT2D eigenvalue weighted by molar-refractivity contribution is -0.120. The SMILES string of the molecule is O=C(NCCc1ccccn1)C1CC(Cl)=C(Cl)S1. The Kier molecular flexibility index (Phi) is 4.92. The van der Waals surface area contributed by atoms with E-state index in [0.29, 0.717) is 22.4 Å². The van der Waals surface area contributed by atoms with E-state index < -0.39 is 0 Å². The Labute approximate surface area is 120 Å². The average Bonchev–Trinajstić information content (AvgIpc) is 2.71. The third-order valence-corrected chi connectivity index (χ3v) is 4.69. The number of halogens is 2. The van der Waals surface area contributed by atoms with Crippen molar-refractivity contribution in [2.45, 2.75) is 18.1 Å². The van der Waals surface area contributed by atoms with Crippen LogP contribution in [0.3, 0.4) is 0 Å². The number of allylic oxidation sites excluding steroid dienone is 1. The van der Waals surface area contributed by atoms with Crippen molar-refractivity contribution in [3.05, 3.63) is 39.5 Å². The van der Waals surface area contributed by atoms with Gasteiger partial charge in [0, 0.05) is 36.3 Å². The predicted octanol–water partition coefficient (Wildman–Crippen LogP) is 2.89. The smallest absolute Gasteiger partial charge is 0.233 e. The number of hydrogen-bond donors (Lipinski definition) is 1. The summed E-state index contributed by atoms with van der Waals surface area (Å²) in [6, 6.07) is 5.74. The van der Waals surface area contributed by atoms with Crippen molar-refractivity contribution in [3.8, 4) is 0 Å². The topological polar surface area (TPSA) is 42.0 Å². The summed E-state index contributed by atoms with van der Waals surface area (Å²) in [6.45, 7) is 0.572. The highest BCUT2D eigenvalue weighted by Crippen LogP contribution is 2.41. The number of thioether (sulfide) groups is 1. The maximum atomic E-state index is 11.8. The minimum atomic E-state index is -0.200. The molecule has 2 heterocycles. The Morgan fingerprint density at radius 2 is 2.33 bits per heavy atom. The van der Waals surface area contributed by atoms with E-state index in [4.69, 9.17) is 23.2 Å². The number of carbonyl (C=O) groups excluding carboxylic acids is 1. The molecule has 1 atom stereocenters. The molecule has 96 valence electrons. The first kappa shape index (κ1) is 13.7. The number of nitrogens with one attached hydrogen (secondary N) is 1. The summed E-state index contributed by atoms with van der Waals surface area (Å²) in [7, 11) is 0. The summed E-state index contributed by atoms with van der Waals surface area (Å²) in [5.74, 6) is -0.0234. The largest absolute Gasteiger partial charge is 0.355 e. The molecule has 0 spiro atoms. The van der Waals surface area contributed by atoms with Crippen molar-refractivity contribution in [1.29, 1.82) is 0 Å². The van der Waals surface area contributed by atoms with Crippen LogP contribution in [-0.4, -0.2) is 22.7 Å². The number of hydrogen-bond acceptors (Lipinski definition) is 3. The maximum Gasteiger partial charge on any atom is 0.233 e. The fourth-order valence-electron chi connectivity index (χ4n) is 1.59. The van der Waals surface area contributed by atoms with Crippen molar-refractivity contribution >= 4 is 40.9 Å². The fraction of sp³-hybridized carbons (Fsp3) is 0.333. The monoisotopic (exact) mass is 302 g/mol. The Morgan fingerprint density at radius 3 is 2.94 bits per heavy atom. The Bertz CT molecular complexity index is 450. The van der Waals surface area contributed by atoms with Crippen LogP contribution in [0.1, 0.15) is 12.1 Å². The van der Waals surface area contributed by atoms with Gasteiger partial charge < -0.3 is 5.32 Å². The molecule has 1 aliphatic rings. The number of nitrogens with zero attached hydrogens (tertiary/aromatic N) is 1. The van der Waals surface area contributed by atoms with Crippen LogP contribution in [0.5, 0.6) is 0 Å². The van der Waals surface area contributed by atoms with Crippen LogP contribution in [0.15, 0.2) is 33.8 Å². The van der Waals surface area contributed by atoms with Gasteiger partial charge in [0.2, 0.25) is 5.91 Å². The quantitative estimate of drug-likeness (QED) is 0.930. The summed E-state index contributed by atoms with van der Waals surface area (Å²) in [4.78, 5) is 16.0. The molecule has 18 heavy (non-hydrogen) atoms. The fourth-order valence-corrected chi connectivity index (χ4v) is 3.27. The molecule has 0 saturated carbocycles. The number of aromatic nitrogens is 1. The van der Waals surface area contributed by atoms with E-state index in [1.165, 1.54) is 11.8 Å².